The minimum Gasteiger partial charge on any atom is -0.493 e. The molecule has 0 saturated carbocycles. The summed E-state index contributed by atoms with van der Waals surface area (Å²) in [5.41, 5.74) is 5.19. The number of allylic oxidation sites excluding steroid dienone is 4. The Balaban J connectivity index is 1.57. The second kappa shape index (κ2) is 12.2. The van der Waals surface area contributed by atoms with Crippen LogP contribution in [0.25, 0.3) is 0 Å². The van der Waals surface area contributed by atoms with E-state index in [4.69, 9.17) is 37.4 Å². The zero-order valence-corrected chi connectivity index (χ0v) is 23.9. The molecule has 39 heavy (non-hydrogen) atoms. The third-order valence-electron chi connectivity index (χ3n) is 7.67. The van der Waals surface area contributed by atoms with Gasteiger partial charge in [-0.15, -0.1) is 0 Å². The minimum atomic E-state index is -0.470. The summed E-state index contributed by atoms with van der Waals surface area (Å²) in [5.74, 6) is 0.590. The van der Waals surface area contributed by atoms with Crippen molar-refractivity contribution in [2.75, 3.05) is 27.4 Å². The van der Waals surface area contributed by atoms with E-state index in [1.165, 1.54) is 0 Å². The lowest BCUT2D eigenvalue weighted by Gasteiger charge is -2.44. The molecule has 1 heterocycles. The summed E-state index contributed by atoms with van der Waals surface area (Å²) in [6.45, 7) is 1.60. The van der Waals surface area contributed by atoms with E-state index in [2.05, 4.69) is 4.90 Å². The lowest BCUT2D eigenvalue weighted by Crippen LogP contribution is -2.39. The maximum absolute atomic E-state index is 13.5. The molecule has 0 radical (unpaired) electrons. The molecule has 0 fully saturated rings. The number of methoxy groups -OCH3 is 2. The number of benzene rings is 2. The van der Waals surface area contributed by atoms with Gasteiger partial charge in [-0.2, -0.15) is 0 Å². The number of halogens is 2. The molecule has 6 nitrogen and oxygen atoms in total. The molecule has 0 spiro atoms. The van der Waals surface area contributed by atoms with Crippen LogP contribution in [0.15, 0.2) is 58.9 Å². The Morgan fingerprint density at radius 1 is 0.923 bits per heavy atom. The van der Waals surface area contributed by atoms with Gasteiger partial charge in [-0.05, 0) is 67.5 Å². The first kappa shape index (κ1) is 27.8. The Morgan fingerprint density at radius 3 is 2.23 bits per heavy atom. The molecule has 2 aliphatic carbocycles. The summed E-state index contributed by atoms with van der Waals surface area (Å²) in [6, 6.07) is 11.1. The predicted molar refractivity (Wildman–Crippen MR) is 151 cm³/mol. The Hall–Kier alpha value is -2.80. The summed E-state index contributed by atoms with van der Waals surface area (Å²) in [6.07, 6.45) is 5.00. The van der Waals surface area contributed by atoms with Gasteiger partial charge < -0.3 is 19.1 Å². The third-order valence-corrected chi connectivity index (χ3v) is 8.19. The molecule has 206 valence electrons. The molecular weight excluding hydrogens is 537 g/mol. The molecule has 0 bridgehead atoms. The van der Waals surface area contributed by atoms with Crippen molar-refractivity contribution in [1.82, 2.24) is 4.90 Å². The van der Waals surface area contributed by atoms with E-state index in [0.29, 0.717) is 41.0 Å². The van der Waals surface area contributed by atoms with Crippen molar-refractivity contribution in [1.29, 1.82) is 0 Å². The predicted octanol–water partition coefficient (Wildman–Crippen LogP) is 7.03. The normalized spacial score (nSPS) is 17.9. The maximum atomic E-state index is 13.5. The standard InChI is InChI=1S/C31H33Cl2NO5/c1-37-14-6-13-34-23-9-4-11-25(35)29(23)28(30-24(34)10-5-12-26(30)36)20-16-22(33)31(27(17-20)38-2)39-18-19-7-3-8-21(32)15-19/h3,7-8,15-17,28H,4-6,9-14,18H2,1-2H3. The Kier molecular flexibility index (Phi) is 8.65. The van der Waals surface area contributed by atoms with Gasteiger partial charge in [0.2, 0.25) is 0 Å². The van der Waals surface area contributed by atoms with Crippen LogP contribution in [-0.2, 0) is 20.9 Å². The van der Waals surface area contributed by atoms with Crippen molar-refractivity contribution in [3.8, 4) is 11.5 Å². The van der Waals surface area contributed by atoms with Crippen LogP contribution in [0.4, 0.5) is 0 Å². The molecule has 0 unspecified atom stereocenters. The first-order chi connectivity index (χ1) is 18.9. The first-order valence-electron chi connectivity index (χ1n) is 13.5. The van der Waals surface area contributed by atoms with Crippen LogP contribution in [0.5, 0.6) is 11.5 Å². The molecule has 0 amide bonds. The Bertz CT molecular complexity index is 1300. The summed E-state index contributed by atoms with van der Waals surface area (Å²) < 4.78 is 17.1. The molecule has 2 aromatic carbocycles. The number of Topliss-reactive ketones (excluding diaryl/α,β-unsaturated/α-hetero) is 2. The van der Waals surface area contributed by atoms with E-state index < -0.39 is 5.92 Å². The molecular formula is C31H33Cl2NO5. The van der Waals surface area contributed by atoms with Crippen LogP contribution in [0.2, 0.25) is 10.0 Å². The molecule has 1 aliphatic heterocycles. The van der Waals surface area contributed by atoms with Crippen molar-refractivity contribution in [3.63, 3.8) is 0 Å². The highest BCUT2D eigenvalue weighted by Gasteiger charge is 2.43. The van der Waals surface area contributed by atoms with Gasteiger partial charge in [0.1, 0.15) is 6.61 Å². The lowest BCUT2D eigenvalue weighted by molar-refractivity contribution is -0.117. The number of ether oxygens (including phenoxy) is 3. The molecule has 0 N–H and O–H groups in total. The molecule has 0 aromatic heterocycles. The SMILES string of the molecule is COCCCN1C2=C(C(=O)CCC2)C(c2cc(Cl)c(OCc3cccc(Cl)c3)c(OC)c2)C2=C1CCCC2=O. The molecule has 0 saturated heterocycles. The average molecular weight is 571 g/mol. The van der Waals surface area contributed by atoms with Crippen LogP contribution in [-0.4, -0.2) is 43.8 Å². The summed E-state index contributed by atoms with van der Waals surface area (Å²) >= 11 is 12.9. The number of nitrogens with zero attached hydrogens (tertiary/aromatic N) is 1. The van der Waals surface area contributed by atoms with Crippen LogP contribution in [0.3, 0.4) is 0 Å². The lowest BCUT2D eigenvalue weighted by atomic mass is 9.71. The molecule has 5 rings (SSSR count). The second-order valence-electron chi connectivity index (χ2n) is 10.2. The van der Waals surface area contributed by atoms with Crippen LogP contribution >= 0.6 is 23.2 Å². The zero-order valence-electron chi connectivity index (χ0n) is 22.4. The highest BCUT2D eigenvalue weighted by Crippen LogP contribution is 2.51. The van der Waals surface area contributed by atoms with E-state index in [9.17, 15) is 9.59 Å². The van der Waals surface area contributed by atoms with Gasteiger partial charge in [0, 0.05) is 66.6 Å². The summed E-state index contributed by atoms with van der Waals surface area (Å²) in [4.78, 5) is 29.3. The monoisotopic (exact) mass is 569 g/mol. The number of hydrogen-bond donors (Lipinski definition) is 0. The van der Waals surface area contributed by atoms with Crippen molar-refractivity contribution < 1.29 is 23.8 Å². The van der Waals surface area contributed by atoms with E-state index in [1.807, 2.05) is 30.3 Å². The molecule has 3 aliphatic rings. The molecule has 0 atom stereocenters. The Morgan fingerprint density at radius 2 is 1.62 bits per heavy atom. The van der Waals surface area contributed by atoms with Crippen LogP contribution in [0, 0.1) is 0 Å². The molecule has 2 aromatic rings. The topological polar surface area (TPSA) is 65.1 Å². The van der Waals surface area contributed by atoms with E-state index in [-0.39, 0.29) is 18.2 Å². The number of hydrogen-bond acceptors (Lipinski definition) is 6. The quantitative estimate of drug-likeness (QED) is 0.302. The minimum absolute atomic E-state index is 0.0966. The third kappa shape index (κ3) is 5.60. The average Bonchev–Trinajstić information content (AvgIpc) is 2.92. The maximum Gasteiger partial charge on any atom is 0.180 e. The van der Waals surface area contributed by atoms with Gasteiger partial charge in [-0.1, -0.05) is 35.3 Å². The second-order valence-corrected chi connectivity index (χ2v) is 11.0. The van der Waals surface area contributed by atoms with E-state index in [1.54, 1.807) is 20.3 Å². The smallest absolute Gasteiger partial charge is 0.180 e. The zero-order chi connectivity index (χ0) is 27.5. The fourth-order valence-corrected chi connectivity index (χ4v) is 6.50. The number of carbonyl (C=O) groups is 2. The van der Waals surface area contributed by atoms with Gasteiger partial charge in [0.05, 0.1) is 12.1 Å². The summed E-state index contributed by atoms with van der Waals surface area (Å²) in [7, 11) is 3.25. The van der Waals surface area contributed by atoms with Gasteiger partial charge in [-0.3, -0.25) is 9.59 Å². The highest BCUT2D eigenvalue weighted by atomic mass is 35.5. The highest BCUT2D eigenvalue weighted by molar-refractivity contribution is 6.32. The van der Waals surface area contributed by atoms with Crippen molar-refractivity contribution in [2.24, 2.45) is 0 Å². The van der Waals surface area contributed by atoms with Crippen LogP contribution in [0.1, 0.15) is 62.0 Å². The largest absolute Gasteiger partial charge is 0.493 e. The number of rotatable bonds is 9. The van der Waals surface area contributed by atoms with Crippen molar-refractivity contribution in [3.05, 3.63) is 80.1 Å². The fourth-order valence-electron chi connectivity index (χ4n) is 6.02. The molecule has 8 heteroatoms. The van der Waals surface area contributed by atoms with Gasteiger partial charge >= 0.3 is 0 Å². The van der Waals surface area contributed by atoms with Crippen LogP contribution < -0.4 is 9.47 Å². The van der Waals surface area contributed by atoms with Crippen molar-refractivity contribution >= 4 is 34.8 Å². The Labute approximate surface area is 239 Å². The van der Waals surface area contributed by atoms with Crippen molar-refractivity contribution in [2.45, 2.75) is 57.5 Å². The van der Waals surface area contributed by atoms with E-state index in [0.717, 1.165) is 72.3 Å². The number of carbonyl (C=O) groups excluding carboxylic acids is 2. The van der Waals surface area contributed by atoms with Gasteiger partial charge in [0.15, 0.2) is 23.1 Å². The van der Waals surface area contributed by atoms with Gasteiger partial charge in [-0.25, -0.2) is 0 Å². The number of ketones is 2. The summed E-state index contributed by atoms with van der Waals surface area (Å²) in [5, 5.41) is 0.991. The van der Waals surface area contributed by atoms with Gasteiger partial charge in [0.25, 0.3) is 0 Å². The van der Waals surface area contributed by atoms with E-state index >= 15 is 0 Å². The first-order valence-corrected chi connectivity index (χ1v) is 14.2. The fraction of sp³-hybridized carbons (Fsp3) is 0.419.